The van der Waals surface area contributed by atoms with Crippen LogP contribution in [0.3, 0.4) is 0 Å². The smallest absolute Gasteiger partial charge is 0.0118 e. The molecule has 0 radical (unpaired) electrons. The van der Waals surface area contributed by atoms with E-state index >= 15 is 0 Å². The van der Waals surface area contributed by atoms with Crippen molar-refractivity contribution in [3.05, 3.63) is 52.6 Å². The van der Waals surface area contributed by atoms with Gasteiger partial charge in [0.05, 0.1) is 0 Å². The fourth-order valence-corrected chi connectivity index (χ4v) is 2.65. The molecule has 1 aliphatic rings. The SMILES string of the molecule is CC=CC1=C(C)C(C)(C)c2cccc(C)c21. The maximum atomic E-state index is 2.32. The zero-order chi connectivity index (χ0) is 11.9. The van der Waals surface area contributed by atoms with Crippen molar-refractivity contribution >= 4 is 5.57 Å². The summed E-state index contributed by atoms with van der Waals surface area (Å²) in [5, 5.41) is 0. The zero-order valence-corrected chi connectivity index (χ0v) is 10.9. The van der Waals surface area contributed by atoms with Gasteiger partial charge in [-0.25, -0.2) is 0 Å². The van der Waals surface area contributed by atoms with Gasteiger partial charge in [0.2, 0.25) is 0 Å². The normalized spacial score (nSPS) is 18.3. The quantitative estimate of drug-likeness (QED) is 0.636. The first kappa shape index (κ1) is 11.2. The summed E-state index contributed by atoms with van der Waals surface area (Å²) in [7, 11) is 0. The topological polar surface area (TPSA) is 0 Å². The average molecular weight is 212 g/mol. The van der Waals surface area contributed by atoms with Crippen molar-refractivity contribution in [2.75, 3.05) is 0 Å². The Hall–Kier alpha value is -1.30. The summed E-state index contributed by atoms with van der Waals surface area (Å²) in [6.45, 7) is 11.2. The molecule has 1 aliphatic carbocycles. The van der Waals surface area contributed by atoms with Gasteiger partial charge >= 0.3 is 0 Å². The predicted octanol–water partition coefficient (Wildman–Crippen LogP) is 4.64. The molecule has 0 unspecified atom stereocenters. The Morgan fingerprint density at radius 3 is 2.44 bits per heavy atom. The van der Waals surface area contributed by atoms with Crippen LogP contribution in [-0.2, 0) is 5.41 Å². The van der Waals surface area contributed by atoms with Crippen LogP contribution in [0.4, 0.5) is 0 Å². The van der Waals surface area contributed by atoms with Gasteiger partial charge in [0.1, 0.15) is 0 Å². The summed E-state index contributed by atoms with van der Waals surface area (Å²) < 4.78 is 0. The van der Waals surface area contributed by atoms with Crippen molar-refractivity contribution in [2.45, 2.75) is 40.0 Å². The number of benzene rings is 1. The lowest BCUT2D eigenvalue weighted by Gasteiger charge is -2.22. The van der Waals surface area contributed by atoms with Gasteiger partial charge in [0.15, 0.2) is 0 Å². The number of aryl methyl sites for hydroxylation is 1. The molecule has 1 aromatic rings. The van der Waals surface area contributed by atoms with Crippen LogP contribution in [0.15, 0.2) is 35.9 Å². The van der Waals surface area contributed by atoms with E-state index in [1.54, 1.807) is 0 Å². The summed E-state index contributed by atoms with van der Waals surface area (Å²) in [4.78, 5) is 0. The van der Waals surface area contributed by atoms with E-state index < -0.39 is 0 Å². The Morgan fingerprint density at radius 1 is 1.12 bits per heavy atom. The molecule has 0 spiro atoms. The Balaban J connectivity index is 2.78. The van der Waals surface area contributed by atoms with E-state index in [0.29, 0.717) is 0 Å². The number of fused-ring (bicyclic) bond motifs is 1. The first-order valence-corrected chi connectivity index (χ1v) is 5.94. The van der Waals surface area contributed by atoms with E-state index in [1.807, 2.05) is 0 Å². The van der Waals surface area contributed by atoms with Gasteiger partial charge in [0.25, 0.3) is 0 Å². The zero-order valence-electron chi connectivity index (χ0n) is 10.9. The standard InChI is InChI=1S/C16H20/c1-6-8-13-12(3)16(4,5)14-10-7-9-11(2)15(13)14/h6-10H,1-5H3. The third-order valence-corrected chi connectivity index (χ3v) is 3.89. The first-order chi connectivity index (χ1) is 7.50. The molecule has 0 amide bonds. The van der Waals surface area contributed by atoms with Crippen LogP contribution in [0.1, 0.15) is 44.4 Å². The van der Waals surface area contributed by atoms with Crippen molar-refractivity contribution in [1.82, 2.24) is 0 Å². The molecule has 0 fully saturated rings. The summed E-state index contributed by atoms with van der Waals surface area (Å²) in [5.74, 6) is 0. The van der Waals surface area contributed by atoms with Crippen LogP contribution in [-0.4, -0.2) is 0 Å². The van der Waals surface area contributed by atoms with Gasteiger partial charge in [-0.3, -0.25) is 0 Å². The van der Waals surface area contributed by atoms with E-state index in [1.165, 1.54) is 27.8 Å². The van der Waals surface area contributed by atoms with E-state index in [9.17, 15) is 0 Å². The molecule has 0 saturated heterocycles. The molecule has 16 heavy (non-hydrogen) atoms. The predicted molar refractivity (Wildman–Crippen MR) is 71.6 cm³/mol. The Labute approximate surface area is 98.7 Å². The molecule has 0 saturated carbocycles. The van der Waals surface area contributed by atoms with Crippen molar-refractivity contribution in [3.63, 3.8) is 0 Å². The van der Waals surface area contributed by atoms with Gasteiger partial charge in [-0.1, -0.05) is 49.8 Å². The lowest BCUT2D eigenvalue weighted by molar-refractivity contribution is 0.639. The molecule has 84 valence electrons. The molecular formula is C16H20. The number of hydrogen-bond acceptors (Lipinski definition) is 0. The number of rotatable bonds is 1. The third-order valence-electron chi connectivity index (χ3n) is 3.89. The second-order valence-corrected chi connectivity index (χ2v) is 5.16. The molecular weight excluding hydrogens is 192 g/mol. The molecule has 0 aromatic heterocycles. The summed E-state index contributed by atoms with van der Waals surface area (Å²) in [5.41, 5.74) is 7.38. The largest absolute Gasteiger partial charge is 0.0870 e. The van der Waals surface area contributed by atoms with Crippen molar-refractivity contribution in [3.8, 4) is 0 Å². The van der Waals surface area contributed by atoms with E-state index in [0.717, 1.165) is 0 Å². The van der Waals surface area contributed by atoms with Crippen LogP contribution < -0.4 is 0 Å². The first-order valence-electron chi connectivity index (χ1n) is 5.94. The highest BCUT2D eigenvalue weighted by Gasteiger charge is 2.34. The molecule has 0 N–H and O–H groups in total. The van der Waals surface area contributed by atoms with Crippen LogP contribution >= 0.6 is 0 Å². The Kier molecular flexibility index (Phi) is 2.53. The van der Waals surface area contributed by atoms with Gasteiger partial charge in [0, 0.05) is 5.41 Å². The highest BCUT2D eigenvalue weighted by Crippen LogP contribution is 2.47. The highest BCUT2D eigenvalue weighted by molar-refractivity contribution is 5.86. The van der Waals surface area contributed by atoms with Gasteiger partial charge in [-0.05, 0) is 43.0 Å². The summed E-state index contributed by atoms with van der Waals surface area (Å²) >= 11 is 0. The van der Waals surface area contributed by atoms with Crippen LogP contribution in [0.25, 0.3) is 5.57 Å². The lowest BCUT2D eigenvalue weighted by atomic mass is 9.82. The second-order valence-electron chi connectivity index (χ2n) is 5.16. The molecule has 0 atom stereocenters. The fourth-order valence-electron chi connectivity index (χ4n) is 2.65. The number of hydrogen-bond donors (Lipinski definition) is 0. The van der Waals surface area contributed by atoms with Crippen molar-refractivity contribution in [2.24, 2.45) is 0 Å². The van der Waals surface area contributed by atoms with Crippen LogP contribution in [0, 0.1) is 6.92 Å². The number of allylic oxidation sites excluding steroid dienone is 4. The Morgan fingerprint density at radius 2 is 1.81 bits per heavy atom. The minimum atomic E-state index is 0.177. The van der Waals surface area contributed by atoms with Gasteiger partial charge < -0.3 is 0 Å². The maximum absolute atomic E-state index is 2.32. The molecule has 2 rings (SSSR count). The molecule has 1 aromatic carbocycles. The fraction of sp³-hybridized carbons (Fsp3) is 0.375. The lowest BCUT2D eigenvalue weighted by Crippen LogP contribution is -2.15. The average Bonchev–Trinajstić information content (AvgIpc) is 2.42. The highest BCUT2D eigenvalue weighted by atomic mass is 14.4. The molecule has 0 heteroatoms. The molecule has 0 bridgehead atoms. The van der Waals surface area contributed by atoms with Crippen molar-refractivity contribution in [1.29, 1.82) is 0 Å². The minimum absolute atomic E-state index is 0.177. The van der Waals surface area contributed by atoms with E-state index in [2.05, 4.69) is 65.0 Å². The summed E-state index contributed by atoms with van der Waals surface area (Å²) in [6, 6.07) is 6.64. The maximum Gasteiger partial charge on any atom is 0.0118 e. The van der Waals surface area contributed by atoms with Crippen LogP contribution in [0.5, 0.6) is 0 Å². The molecule has 0 aliphatic heterocycles. The minimum Gasteiger partial charge on any atom is -0.0870 e. The summed E-state index contributed by atoms with van der Waals surface area (Å²) in [6.07, 6.45) is 4.38. The van der Waals surface area contributed by atoms with E-state index in [-0.39, 0.29) is 5.41 Å². The monoisotopic (exact) mass is 212 g/mol. The van der Waals surface area contributed by atoms with E-state index in [4.69, 9.17) is 0 Å². The molecule has 0 nitrogen and oxygen atoms in total. The van der Waals surface area contributed by atoms with Crippen LogP contribution in [0.2, 0.25) is 0 Å². The second kappa shape index (κ2) is 3.62. The van der Waals surface area contributed by atoms with Gasteiger partial charge in [-0.2, -0.15) is 0 Å². The Bertz CT molecular complexity index is 485. The third kappa shape index (κ3) is 1.36. The molecule has 0 heterocycles. The van der Waals surface area contributed by atoms with Crippen molar-refractivity contribution < 1.29 is 0 Å². The van der Waals surface area contributed by atoms with Gasteiger partial charge in [-0.15, -0.1) is 0 Å².